The maximum absolute atomic E-state index is 13.0. The minimum atomic E-state index is -0.864. The summed E-state index contributed by atoms with van der Waals surface area (Å²) in [6.07, 6.45) is 0.774. The van der Waals surface area contributed by atoms with E-state index in [0.717, 1.165) is 4.47 Å². The van der Waals surface area contributed by atoms with Crippen LogP contribution >= 0.6 is 31.9 Å². The molecule has 1 aromatic heterocycles. The summed E-state index contributed by atoms with van der Waals surface area (Å²) in [4.78, 5) is 0. The Bertz CT molecular complexity index is 571. The van der Waals surface area contributed by atoms with Crippen LogP contribution in [0.1, 0.15) is 24.3 Å². The molecule has 0 fully saturated rings. The number of aliphatic hydroxyl groups is 1. The highest BCUT2D eigenvalue weighted by Gasteiger charge is 2.21. The molecule has 1 aromatic carbocycles. The average Bonchev–Trinajstić information content (AvgIpc) is 2.69. The quantitative estimate of drug-likeness (QED) is 0.886. The average molecular weight is 378 g/mol. The Morgan fingerprint density at radius 3 is 2.72 bits per heavy atom. The Hall–Kier alpha value is -0.720. The third kappa shape index (κ3) is 2.50. The maximum atomic E-state index is 13.0. The summed E-state index contributed by atoms with van der Waals surface area (Å²) in [5.41, 5.74) is 1.26. The van der Waals surface area contributed by atoms with Crippen LogP contribution in [0.25, 0.3) is 0 Å². The van der Waals surface area contributed by atoms with E-state index in [1.54, 1.807) is 16.9 Å². The third-order valence-corrected chi connectivity index (χ3v) is 3.95. The van der Waals surface area contributed by atoms with Crippen molar-refractivity contribution in [1.82, 2.24) is 9.78 Å². The minimum absolute atomic E-state index is 0.346. The summed E-state index contributed by atoms with van der Waals surface area (Å²) in [6, 6.07) is 4.21. The molecule has 1 atom stereocenters. The molecule has 18 heavy (non-hydrogen) atoms. The standard InChI is InChI=1S/C12H11Br2FN2O/c1-2-17-11(10(14)6-16-17)12(18)8-4-3-7(15)5-9(8)13/h3-6,12,18H,2H2,1H3. The third-order valence-electron chi connectivity index (χ3n) is 2.65. The molecule has 0 radical (unpaired) electrons. The van der Waals surface area contributed by atoms with Crippen LogP contribution in [0.3, 0.4) is 0 Å². The van der Waals surface area contributed by atoms with Crippen molar-refractivity contribution in [3.8, 4) is 0 Å². The molecule has 1 N–H and O–H groups in total. The van der Waals surface area contributed by atoms with Gasteiger partial charge in [-0.2, -0.15) is 5.10 Å². The van der Waals surface area contributed by atoms with Crippen molar-refractivity contribution in [3.05, 3.63) is 50.4 Å². The molecule has 0 bridgehead atoms. The molecular weight excluding hydrogens is 367 g/mol. The van der Waals surface area contributed by atoms with Crippen molar-refractivity contribution in [2.75, 3.05) is 0 Å². The van der Waals surface area contributed by atoms with E-state index in [-0.39, 0.29) is 5.82 Å². The van der Waals surface area contributed by atoms with E-state index >= 15 is 0 Å². The van der Waals surface area contributed by atoms with Gasteiger partial charge in [-0.15, -0.1) is 0 Å². The van der Waals surface area contributed by atoms with Crippen LogP contribution in [0.4, 0.5) is 4.39 Å². The van der Waals surface area contributed by atoms with E-state index in [1.165, 1.54) is 12.1 Å². The van der Waals surface area contributed by atoms with E-state index in [9.17, 15) is 9.50 Å². The van der Waals surface area contributed by atoms with E-state index in [1.807, 2.05) is 6.92 Å². The van der Waals surface area contributed by atoms with Gasteiger partial charge in [0.15, 0.2) is 0 Å². The zero-order chi connectivity index (χ0) is 13.3. The molecule has 0 saturated heterocycles. The van der Waals surface area contributed by atoms with Crippen LogP contribution in [-0.4, -0.2) is 14.9 Å². The Labute approximate surface area is 121 Å². The predicted octanol–water partition coefficient (Wildman–Crippen LogP) is 3.65. The fraction of sp³-hybridized carbons (Fsp3) is 0.250. The number of hydrogen-bond donors (Lipinski definition) is 1. The zero-order valence-electron chi connectivity index (χ0n) is 9.57. The van der Waals surface area contributed by atoms with E-state index in [0.29, 0.717) is 22.3 Å². The van der Waals surface area contributed by atoms with Crippen molar-refractivity contribution in [2.45, 2.75) is 19.6 Å². The summed E-state index contributed by atoms with van der Waals surface area (Å²) in [5, 5.41) is 14.6. The van der Waals surface area contributed by atoms with E-state index < -0.39 is 6.10 Å². The summed E-state index contributed by atoms with van der Waals surface area (Å²) in [6.45, 7) is 2.59. The number of nitrogens with zero attached hydrogens (tertiary/aromatic N) is 2. The van der Waals surface area contributed by atoms with Gasteiger partial charge in [0.1, 0.15) is 11.9 Å². The van der Waals surface area contributed by atoms with Crippen LogP contribution in [0.2, 0.25) is 0 Å². The van der Waals surface area contributed by atoms with Gasteiger partial charge in [0.2, 0.25) is 0 Å². The number of rotatable bonds is 3. The lowest BCUT2D eigenvalue weighted by Crippen LogP contribution is -2.10. The van der Waals surface area contributed by atoms with Gasteiger partial charge in [0, 0.05) is 16.6 Å². The predicted molar refractivity (Wildman–Crippen MR) is 73.8 cm³/mol. The molecular formula is C12H11Br2FN2O. The number of aryl methyl sites for hydroxylation is 1. The smallest absolute Gasteiger partial charge is 0.124 e. The lowest BCUT2D eigenvalue weighted by atomic mass is 10.1. The highest BCUT2D eigenvalue weighted by Crippen LogP contribution is 2.32. The van der Waals surface area contributed by atoms with Gasteiger partial charge in [-0.05, 0) is 35.0 Å². The van der Waals surface area contributed by atoms with Crippen molar-refractivity contribution in [1.29, 1.82) is 0 Å². The van der Waals surface area contributed by atoms with Gasteiger partial charge in [-0.3, -0.25) is 4.68 Å². The molecule has 0 saturated carbocycles. The first-order chi connectivity index (χ1) is 8.54. The van der Waals surface area contributed by atoms with E-state index in [2.05, 4.69) is 37.0 Å². The first-order valence-electron chi connectivity index (χ1n) is 5.38. The first-order valence-corrected chi connectivity index (χ1v) is 6.97. The first kappa shape index (κ1) is 13.7. The molecule has 96 valence electrons. The van der Waals surface area contributed by atoms with Crippen LogP contribution < -0.4 is 0 Å². The Balaban J connectivity index is 2.47. The molecule has 3 nitrogen and oxygen atoms in total. The minimum Gasteiger partial charge on any atom is -0.382 e. The topological polar surface area (TPSA) is 38.0 Å². The maximum Gasteiger partial charge on any atom is 0.124 e. The molecule has 1 unspecified atom stereocenters. The van der Waals surface area contributed by atoms with Gasteiger partial charge >= 0.3 is 0 Å². The van der Waals surface area contributed by atoms with Crippen molar-refractivity contribution >= 4 is 31.9 Å². The van der Waals surface area contributed by atoms with Gasteiger partial charge in [-0.25, -0.2) is 4.39 Å². The fourth-order valence-corrected chi connectivity index (χ4v) is 2.85. The van der Waals surface area contributed by atoms with Crippen LogP contribution in [0, 0.1) is 5.82 Å². The van der Waals surface area contributed by atoms with Crippen LogP contribution in [0.15, 0.2) is 33.3 Å². The SMILES string of the molecule is CCn1ncc(Br)c1C(O)c1ccc(F)cc1Br. The molecule has 6 heteroatoms. The van der Waals surface area contributed by atoms with Gasteiger partial charge in [-0.1, -0.05) is 22.0 Å². The normalized spacial score (nSPS) is 12.7. The second-order valence-electron chi connectivity index (χ2n) is 3.76. The second-order valence-corrected chi connectivity index (χ2v) is 5.47. The second kappa shape index (κ2) is 5.50. The molecule has 0 amide bonds. The molecule has 2 aromatic rings. The molecule has 0 aliphatic rings. The molecule has 1 heterocycles. The van der Waals surface area contributed by atoms with Crippen molar-refractivity contribution < 1.29 is 9.50 Å². The lowest BCUT2D eigenvalue weighted by molar-refractivity contribution is 0.206. The fourth-order valence-electron chi connectivity index (χ4n) is 1.77. The number of aromatic nitrogens is 2. The highest BCUT2D eigenvalue weighted by atomic mass is 79.9. The molecule has 0 spiro atoms. The number of halogens is 3. The lowest BCUT2D eigenvalue weighted by Gasteiger charge is -2.15. The van der Waals surface area contributed by atoms with Crippen molar-refractivity contribution in [3.63, 3.8) is 0 Å². The molecule has 0 aliphatic carbocycles. The number of aliphatic hydroxyl groups excluding tert-OH is 1. The Morgan fingerprint density at radius 2 is 2.11 bits per heavy atom. The van der Waals surface area contributed by atoms with Gasteiger partial charge in [0.25, 0.3) is 0 Å². The van der Waals surface area contributed by atoms with Crippen LogP contribution in [-0.2, 0) is 6.54 Å². The highest BCUT2D eigenvalue weighted by molar-refractivity contribution is 9.10. The molecule has 2 rings (SSSR count). The number of benzene rings is 1. The Kier molecular flexibility index (Phi) is 4.19. The summed E-state index contributed by atoms with van der Waals surface area (Å²) < 4.78 is 16.0. The van der Waals surface area contributed by atoms with Crippen molar-refractivity contribution in [2.24, 2.45) is 0 Å². The summed E-state index contributed by atoms with van der Waals surface area (Å²) in [7, 11) is 0. The zero-order valence-corrected chi connectivity index (χ0v) is 12.7. The van der Waals surface area contributed by atoms with Crippen LogP contribution in [0.5, 0.6) is 0 Å². The monoisotopic (exact) mass is 376 g/mol. The van der Waals surface area contributed by atoms with E-state index in [4.69, 9.17) is 0 Å². The summed E-state index contributed by atoms with van der Waals surface area (Å²) >= 11 is 6.62. The van der Waals surface area contributed by atoms with Gasteiger partial charge < -0.3 is 5.11 Å². The molecule has 0 aliphatic heterocycles. The largest absolute Gasteiger partial charge is 0.382 e. The number of hydrogen-bond acceptors (Lipinski definition) is 2. The van der Waals surface area contributed by atoms with Gasteiger partial charge in [0.05, 0.1) is 16.4 Å². The summed E-state index contributed by atoms with van der Waals surface area (Å²) in [5.74, 6) is -0.346. The Morgan fingerprint density at radius 1 is 1.39 bits per heavy atom.